The van der Waals surface area contributed by atoms with Gasteiger partial charge in [-0.2, -0.15) is 0 Å². The molecule has 23 heavy (non-hydrogen) atoms. The monoisotopic (exact) mass is 333 g/mol. The summed E-state index contributed by atoms with van der Waals surface area (Å²) in [5.74, 6) is -0.925. The lowest BCUT2D eigenvalue weighted by Crippen LogP contribution is -2.13. The van der Waals surface area contributed by atoms with Gasteiger partial charge in [0.2, 0.25) is 0 Å². The standard InChI is InChI=1S/C17H19NO4S/c1-2-3-13-6-10-16(11-7-13)23(21,22)18-15-8-4-14(5-9-15)12-17(19)20/h4-11,18H,2-3,12H2,1H3,(H,19,20). The molecule has 0 fully saturated rings. The summed E-state index contributed by atoms with van der Waals surface area (Å²) in [7, 11) is -3.65. The topological polar surface area (TPSA) is 83.5 Å². The minimum atomic E-state index is -3.65. The third-order valence-electron chi connectivity index (χ3n) is 3.33. The molecule has 0 radical (unpaired) electrons. The molecule has 6 heteroatoms. The highest BCUT2D eigenvalue weighted by Crippen LogP contribution is 2.18. The number of hydrogen-bond donors (Lipinski definition) is 2. The molecule has 0 aliphatic carbocycles. The van der Waals surface area contributed by atoms with Gasteiger partial charge < -0.3 is 5.11 Å². The number of carbonyl (C=O) groups is 1. The fourth-order valence-corrected chi connectivity index (χ4v) is 3.26. The predicted molar refractivity (Wildman–Crippen MR) is 89.0 cm³/mol. The van der Waals surface area contributed by atoms with E-state index in [0.29, 0.717) is 11.3 Å². The molecule has 0 atom stereocenters. The van der Waals surface area contributed by atoms with Crippen LogP contribution in [-0.4, -0.2) is 19.5 Å². The molecule has 0 amide bonds. The van der Waals surface area contributed by atoms with Crippen molar-refractivity contribution in [3.05, 3.63) is 59.7 Å². The van der Waals surface area contributed by atoms with Crippen molar-refractivity contribution in [2.45, 2.75) is 31.1 Å². The van der Waals surface area contributed by atoms with Crippen LogP contribution in [0.2, 0.25) is 0 Å². The summed E-state index contributed by atoms with van der Waals surface area (Å²) in [5, 5.41) is 8.72. The maximum absolute atomic E-state index is 12.3. The Labute approximate surface area is 136 Å². The van der Waals surface area contributed by atoms with Crippen molar-refractivity contribution in [2.24, 2.45) is 0 Å². The molecule has 0 spiro atoms. The van der Waals surface area contributed by atoms with Crippen LogP contribution in [0.5, 0.6) is 0 Å². The zero-order valence-electron chi connectivity index (χ0n) is 12.8. The predicted octanol–water partition coefficient (Wildman–Crippen LogP) is 3.07. The number of hydrogen-bond acceptors (Lipinski definition) is 3. The molecule has 2 aromatic carbocycles. The normalized spacial score (nSPS) is 11.2. The first-order chi connectivity index (χ1) is 10.9. The average molecular weight is 333 g/mol. The summed E-state index contributed by atoms with van der Waals surface area (Å²) in [5.41, 5.74) is 2.12. The van der Waals surface area contributed by atoms with Gasteiger partial charge in [0.25, 0.3) is 10.0 Å². The zero-order valence-corrected chi connectivity index (χ0v) is 13.6. The van der Waals surface area contributed by atoms with E-state index in [1.54, 1.807) is 36.4 Å². The van der Waals surface area contributed by atoms with Crippen LogP contribution in [0.4, 0.5) is 5.69 Å². The van der Waals surface area contributed by atoms with E-state index in [4.69, 9.17) is 5.11 Å². The number of carboxylic acid groups (broad SMARTS) is 1. The van der Waals surface area contributed by atoms with Crippen molar-refractivity contribution in [1.82, 2.24) is 0 Å². The summed E-state index contributed by atoms with van der Waals surface area (Å²) in [6.07, 6.45) is 1.83. The van der Waals surface area contributed by atoms with Gasteiger partial charge in [0, 0.05) is 5.69 Å². The summed E-state index contributed by atoms with van der Waals surface area (Å²) in [6, 6.07) is 13.1. The van der Waals surface area contributed by atoms with Crippen molar-refractivity contribution in [2.75, 3.05) is 4.72 Å². The molecule has 0 saturated heterocycles. The fraction of sp³-hybridized carbons (Fsp3) is 0.235. The van der Waals surface area contributed by atoms with Crippen molar-refractivity contribution >= 4 is 21.7 Å². The molecule has 2 N–H and O–H groups in total. The second-order valence-electron chi connectivity index (χ2n) is 5.27. The zero-order chi connectivity index (χ0) is 16.9. The highest BCUT2D eigenvalue weighted by molar-refractivity contribution is 7.92. The quantitative estimate of drug-likeness (QED) is 0.815. The van der Waals surface area contributed by atoms with Crippen LogP contribution in [-0.2, 0) is 27.7 Å². The highest BCUT2D eigenvalue weighted by atomic mass is 32.2. The van der Waals surface area contributed by atoms with Gasteiger partial charge in [-0.3, -0.25) is 9.52 Å². The lowest BCUT2D eigenvalue weighted by Gasteiger charge is -2.09. The summed E-state index contributed by atoms with van der Waals surface area (Å²) < 4.78 is 27.1. The van der Waals surface area contributed by atoms with E-state index in [9.17, 15) is 13.2 Å². The Balaban J connectivity index is 2.12. The Morgan fingerprint density at radius 1 is 1.00 bits per heavy atom. The van der Waals surface area contributed by atoms with Gasteiger partial charge in [-0.05, 0) is 41.8 Å². The number of sulfonamides is 1. The number of benzene rings is 2. The maximum Gasteiger partial charge on any atom is 0.307 e. The Bertz CT molecular complexity index is 765. The van der Waals surface area contributed by atoms with Crippen molar-refractivity contribution in [1.29, 1.82) is 0 Å². The number of anilines is 1. The van der Waals surface area contributed by atoms with Gasteiger partial charge in [-0.1, -0.05) is 37.6 Å². The van der Waals surface area contributed by atoms with Gasteiger partial charge in [-0.25, -0.2) is 8.42 Å². The molecule has 5 nitrogen and oxygen atoms in total. The van der Waals surface area contributed by atoms with Crippen LogP contribution < -0.4 is 4.72 Å². The number of aryl methyl sites for hydroxylation is 1. The molecule has 0 saturated carbocycles. The first-order valence-corrected chi connectivity index (χ1v) is 8.81. The molecule has 0 heterocycles. The molecular weight excluding hydrogens is 314 g/mol. The van der Waals surface area contributed by atoms with E-state index in [2.05, 4.69) is 11.6 Å². The molecule has 2 rings (SSSR count). The van der Waals surface area contributed by atoms with Gasteiger partial charge >= 0.3 is 5.97 Å². The van der Waals surface area contributed by atoms with Gasteiger partial charge in [0.05, 0.1) is 11.3 Å². The number of aliphatic carboxylic acids is 1. The highest BCUT2D eigenvalue weighted by Gasteiger charge is 2.14. The average Bonchev–Trinajstić information content (AvgIpc) is 2.49. The third kappa shape index (κ3) is 4.82. The lowest BCUT2D eigenvalue weighted by atomic mass is 10.1. The lowest BCUT2D eigenvalue weighted by molar-refractivity contribution is -0.136. The van der Waals surface area contributed by atoms with Crippen LogP contribution >= 0.6 is 0 Å². The van der Waals surface area contributed by atoms with Gasteiger partial charge in [0.15, 0.2) is 0 Å². The SMILES string of the molecule is CCCc1ccc(S(=O)(=O)Nc2ccc(CC(=O)O)cc2)cc1. The van der Waals surface area contributed by atoms with Crippen LogP contribution in [0.15, 0.2) is 53.4 Å². The molecule has 0 bridgehead atoms. The largest absolute Gasteiger partial charge is 0.481 e. The third-order valence-corrected chi connectivity index (χ3v) is 4.73. The van der Waals surface area contributed by atoms with E-state index in [0.717, 1.165) is 18.4 Å². The first-order valence-electron chi connectivity index (χ1n) is 7.33. The Hall–Kier alpha value is -2.34. The molecule has 0 aliphatic heterocycles. The summed E-state index contributed by atoms with van der Waals surface area (Å²) >= 11 is 0. The maximum atomic E-state index is 12.3. The van der Waals surface area contributed by atoms with Crippen molar-refractivity contribution < 1.29 is 18.3 Å². The van der Waals surface area contributed by atoms with Gasteiger partial charge in [0.1, 0.15) is 0 Å². The molecule has 122 valence electrons. The van der Waals surface area contributed by atoms with Crippen LogP contribution in [0.3, 0.4) is 0 Å². The minimum Gasteiger partial charge on any atom is -0.481 e. The number of carboxylic acids is 1. The molecular formula is C17H19NO4S. The number of rotatable bonds is 7. The Kier molecular flexibility index (Phi) is 5.39. The van der Waals surface area contributed by atoms with Crippen molar-refractivity contribution in [3.63, 3.8) is 0 Å². The van der Waals surface area contributed by atoms with Crippen LogP contribution in [0, 0.1) is 0 Å². The molecule has 0 aromatic heterocycles. The van der Waals surface area contributed by atoms with E-state index < -0.39 is 16.0 Å². The Morgan fingerprint density at radius 2 is 1.57 bits per heavy atom. The number of nitrogens with one attached hydrogen (secondary N) is 1. The molecule has 2 aromatic rings. The minimum absolute atomic E-state index is 0.0913. The summed E-state index contributed by atoms with van der Waals surface area (Å²) in [4.78, 5) is 10.8. The second-order valence-corrected chi connectivity index (χ2v) is 6.95. The van der Waals surface area contributed by atoms with Crippen molar-refractivity contribution in [3.8, 4) is 0 Å². The Morgan fingerprint density at radius 3 is 2.09 bits per heavy atom. The van der Waals surface area contributed by atoms with Crippen LogP contribution in [0.1, 0.15) is 24.5 Å². The van der Waals surface area contributed by atoms with Crippen LogP contribution in [0.25, 0.3) is 0 Å². The fourth-order valence-electron chi connectivity index (χ4n) is 2.20. The first kappa shape index (κ1) is 17.0. The van der Waals surface area contributed by atoms with E-state index in [1.165, 1.54) is 0 Å². The summed E-state index contributed by atoms with van der Waals surface area (Å²) in [6.45, 7) is 2.07. The van der Waals surface area contributed by atoms with E-state index in [-0.39, 0.29) is 11.3 Å². The smallest absolute Gasteiger partial charge is 0.307 e. The molecule has 0 aliphatic rings. The second kappa shape index (κ2) is 7.28. The molecule has 0 unspecified atom stereocenters. The van der Waals surface area contributed by atoms with Gasteiger partial charge in [-0.15, -0.1) is 0 Å². The van der Waals surface area contributed by atoms with E-state index >= 15 is 0 Å². The van der Waals surface area contributed by atoms with E-state index in [1.807, 2.05) is 12.1 Å².